The van der Waals surface area contributed by atoms with Crippen molar-refractivity contribution in [1.82, 2.24) is 5.32 Å². The molecule has 0 saturated heterocycles. The molecule has 0 radical (unpaired) electrons. The van der Waals surface area contributed by atoms with Gasteiger partial charge in [-0.2, -0.15) is 0 Å². The minimum absolute atomic E-state index is 0.212. The fourth-order valence-electron chi connectivity index (χ4n) is 2.28. The zero-order valence-electron chi connectivity index (χ0n) is 14.9. The molecular formula is C18H29N3O3. The van der Waals surface area contributed by atoms with Gasteiger partial charge in [0.25, 0.3) is 0 Å². The molecule has 0 aliphatic heterocycles. The van der Waals surface area contributed by atoms with Crippen LogP contribution in [-0.2, 0) is 4.74 Å². The maximum Gasteiger partial charge on any atom is 0.411 e. The van der Waals surface area contributed by atoms with Crippen molar-refractivity contribution in [3.05, 3.63) is 24.3 Å². The summed E-state index contributed by atoms with van der Waals surface area (Å²) < 4.78 is 4.80. The van der Waals surface area contributed by atoms with Crippen LogP contribution < -0.4 is 16.0 Å². The first kappa shape index (κ1) is 19.8. The van der Waals surface area contributed by atoms with Crippen molar-refractivity contribution in [1.29, 1.82) is 0 Å². The van der Waals surface area contributed by atoms with Crippen molar-refractivity contribution in [3.8, 4) is 0 Å². The maximum atomic E-state index is 11.9. The highest BCUT2D eigenvalue weighted by Gasteiger charge is 2.08. The second-order valence-corrected chi connectivity index (χ2v) is 5.67. The Kier molecular flexibility index (Phi) is 9.34. The summed E-state index contributed by atoms with van der Waals surface area (Å²) in [5.41, 5.74) is 1.29. The Morgan fingerprint density at radius 1 is 1.04 bits per heavy atom. The lowest BCUT2D eigenvalue weighted by atomic mass is 9.99. The highest BCUT2D eigenvalue weighted by Crippen LogP contribution is 2.14. The molecule has 0 aromatic heterocycles. The van der Waals surface area contributed by atoms with Crippen LogP contribution in [-0.4, -0.2) is 25.3 Å². The van der Waals surface area contributed by atoms with E-state index in [1.54, 1.807) is 31.2 Å². The third kappa shape index (κ3) is 7.85. The second kappa shape index (κ2) is 11.3. The molecule has 1 aromatic rings. The summed E-state index contributed by atoms with van der Waals surface area (Å²) in [6, 6.07) is 6.67. The minimum atomic E-state index is -0.492. The Morgan fingerprint density at radius 2 is 1.67 bits per heavy atom. The number of ether oxygens (including phenoxy) is 1. The lowest BCUT2D eigenvalue weighted by molar-refractivity contribution is 0.168. The molecule has 0 bridgehead atoms. The topological polar surface area (TPSA) is 79.5 Å². The fraction of sp³-hybridized carbons (Fsp3) is 0.556. The van der Waals surface area contributed by atoms with E-state index in [1.807, 2.05) is 0 Å². The standard InChI is InChI=1S/C18H29N3O3/c1-4-7-8-14(5-2)13-19-17(22)20-15-9-11-16(12-10-15)21-18(23)24-6-3/h9-12,14H,4-8,13H2,1-3H3,(H,21,23)(H2,19,20,22). The number of carbonyl (C=O) groups excluding carboxylic acids is 2. The van der Waals surface area contributed by atoms with Crippen LogP contribution in [0.2, 0.25) is 0 Å². The van der Waals surface area contributed by atoms with Gasteiger partial charge >= 0.3 is 12.1 Å². The molecule has 3 amide bonds. The predicted octanol–water partition coefficient (Wildman–Crippen LogP) is 4.59. The average molecular weight is 335 g/mol. The highest BCUT2D eigenvalue weighted by atomic mass is 16.5. The summed E-state index contributed by atoms with van der Waals surface area (Å²) in [5.74, 6) is 0.520. The number of benzene rings is 1. The quantitative estimate of drug-likeness (QED) is 0.617. The normalized spacial score (nSPS) is 11.5. The van der Waals surface area contributed by atoms with Gasteiger partial charge in [0.1, 0.15) is 0 Å². The van der Waals surface area contributed by atoms with Crippen LogP contribution in [0, 0.1) is 5.92 Å². The molecule has 24 heavy (non-hydrogen) atoms. The first-order chi connectivity index (χ1) is 11.6. The molecule has 1 atom stereocenters. The van der Waals surface area contributed by atoms with Crippen LogP contribution in [0.5, 0.6) is 0 Å². The average Bonchev–Trinajstić information content (AvgIpc) is 2.57. The largest absolute Gasteiger partial charge is 0.450 e. The fourth-order valence-corrected chi connectivity index (χ4v) is 2.28. The lowest BCUT2D eigenvalue weighted by Crippen LogP contribution is -2.33. The van der Waals surface area contributed by atoms with Crippen molar-refractivity contribution >= 4 is 23.5 Å². The SMILES string of the molecule is CCCCC(CC)CNC(=O)Nc1ccc(NC(=O)OCC)cc1. The second-order valence-electron chi connectivity index (χ2n) is 5.67. The third-order valence-corrected chi connectivity index (χ3v) is 3.76. The van der Waals surface area contributed by atoms with Crippen LogP contribution in [0.3, 0.4) is 0 Å². The summed E-state index contributed by atoms with van der Waals surface area (Å²) in [5, 5.41) is 8.31. The highest BCUT2D eigenvalue weighted by molar-refractivity contribution is 5.90. The molecule has 6 heteroatoms. The van der Waals surface area contributed by atoms with Gasteiger partial charge in [0, 0.05) is 17.9 Å². The summed E-state index contributed by atoms with van der Waals surface area (Å²) in [6.07, 6.45) is 4.08. The summed E-state index contributed by atoms with van der Waals surface area (Å²) in [7, 11) is 0. The van der Waals surface area contributed by atoms with Gasteiger partial charge in [-0.25, -0.2) is 9.59 Å². The predicted molar refractivity (Wildman–Crippen MR) is 97.4 cm³/mol. The van der Waals surface area contributed by atoms with E-state index >= 15 is 0 Å². The van der Waals surface area contributed by atoms with Crippen molar-refractivity contribution < 1.29 is 14.3 Å². The van der Waals surface area contributed by atoms with Gasteiger partial charge in [-0.1, -0.05) is 33.1 Å². The monoisotopic (exact) mass is 335 g/mol. The van der Waals surface area contributed by atoms with E-state index in [9.17, 15) is 9.59 Å². The number of hydrogen-bond donors (Lipinski definition) is 3. The van der Waals surface area contributed by atoms with Crippen molar-refractivity contribution in [2.24, 2.45) is 5.92 Å². The molecule has 1 aromatic carbocycles. The summed E-state index contributed by atoms with van der Waals surface area (Å²) >= 11 is 0. The molecule has 1 rings (SSSR count). The van der Waals surface area contributed by atoms with Gasteiger partial charge in [0.05, 0.1) is 6.61 Å². The lowest BCUT2D eigenvalue weighted by Gasteiger charge is -2.15. The van der Waals surface area contributed by atoms with E-state index in [-0.39, 0.29) is 6.03 Å². The minimum Gasteiger partial charge on any atom is -0.450 e. The molecule has 0 heterocycles. The molecule has 6 nitrogen and oxygen atoms in total. The van der Waals surface area contributed by atoms with E-state index < -0.39 is 6.09 Å². The van der Waals surface area contributed by atoms with E-state index in [0.29, 0.717) is 30.4 Å². The van der Waals surface area contributed by atoms with Crippen LogP contribution >= 0.6 is 0 Å². The molecule has 0 aliphatic rings. The van der Waals surface area contributed by atoms with Gasteiger partial charge in [-0.15, -0.1) is 0 Å². The Balaban J connectivity index is 2.40. The molecule has 0 saturated carbocycles. The third-order valence-electron chi connectivity index (χ3n) is 3.76. The maximum absolute atomic E-state index is 11.9. The number of rotatable bonds is 9. The number of carbonyl (C=O) groups is 2. The van der Waals surface area contributed by atoms with E-state index in [1.165, 1.54) is 12.8 Å². The molecule has 3 N–H and O–H groups in total. The smallest absolute Gasteiger partial charge is 0.411 e. The van der Waals surface area contributed by atoms with Crippen LogP contribution in [0.1, 0.15) is 46.5 Å². The number of unbranched alkanes of at least 4 members (excludes halogenated alkanes) is 1. The molecular weight excluding hydrogens is 306 g/mol. The van der Waals surface area contributed by atoms with Crippen molar-refractivity contribution in [2.45, 2.75) is 46.5 Å². The van der Waals surface area contributed by atoms with Crippen molar-refractivity contribution in [2.75, 3.05) is 23.8 Å². The van der Waals surface area contributed by atoms with Crippen molar-refractivity contribution in [3.63, 3.8) is 0 Å². The van der Waals surface area contributed by atoms with Gasteiger partial charge in [-0.3, -0.25) is 5.32 Å². The zero-order valence-corrected chi connectivity index (χ0v) is 14.9. The van der Waals surface area contributed by atoms with Crippen LogP contribution in [0.4, 0.5) is 21.0 Å². The van der Waals surface area contributed by atoms with Gasteiger partial charge in [-0.05, 0) is 43.5 Å². The first-order valence-electron chi connectivity index (χ1n) is 8.67. The van der Waals surface area contributed by atoms with Gasteiger partial charge in [0.15, 0.2) is 0 Å². The van der Waals surface area contributed by atoms with Crippen LogP contribution in [0.15, 0.2) is 24.3 Å². The number of nitrogens with one attached hydrogen (secondary N) is 3. The van der Waals surface area contributed by atoms with Gasteiger partial charge < -0.3 is 15.4 Å². The molecule has 0 fully saturated rings. The summed E-state index contributed by atoms with van der Waals surface area (Å²) in [6.45, 7) is 7.08. The Hall–Kier alpha value is -2.24. The number of urea groups is 1. The first-order valence-corrected chi connectivity index (χ1v) is 8.67. The van der Waals surface area contributed by atoms with E-state index in [0.717, 1.165) is 12.8 Å². The zero-order chi connectivity index (χ0) is 17.8. The van der Waals surface area contributed by atoms with Gasteiger partial charge in [0.2, 0.25) is 0 Å². The van der Waals surface area contributed by atoms with E-state index in [4.69, 9.17) is 4.74 Å². The van der Waals surface area contributed by atoms with Crippen LogP contribution in [0.25, 0.3) is 0 Å². The molecule has 1 unspecified atom stereocenters. The number of amides is 3. The molecule has 134 valence electrons. The molecule has 0 aliphatic carbocycles. The Morgan fingerprint density at radius 3 is 2.21 bits per heavy atom. The molecule has 0 spiro atoms. The Labute approximate surface area is 144 Å². The number of anilines is 2. The van der Waals surface area contributed by atoms with E-state index in [2.05, 4.69) is 29.8 Å². The number of hydrogen-bond acceptors (Lipinski definition) is 3. The summed E-state index contributed by atoms with van der Waals surface area (Å²) in [4.78, 5) is 23.3. The Bertz CT molecular complexity index is 503.